The highest BCUT2D eigenvalue weighted by molar-refractivity contribution is 7.19. The van der Waals surface area contributed by atoms with Crippen molar-refractivity contribution in [2.75, 3.05) is 5.73 Å². The van der Waals surface area contributed by atoms with Gasteiger partial charge in [-0.3, -0.25) is 0 Å². The van der Waals surface area contributed by atoms with E-state index in [1.54, 1.807) is 0 Å². The molecule has 1 heterocycles. The average molecular weight is 274 g/mol. The predicted molar refractivity (Wildman–Crippen MR) is 81.2 cm³/mol. The number of hydrogen-bond donors (Lipinski definition) is 2. The van der Waals surface area contributed by atoms with Gasteiger partial charge in [-0.1, -0.05) is 36.8 Å². The molecule has 0 spiro atoms. The topological polar surface area (TPSA) is 76.8 Å². The fourth-order valence-electron chi connectivity index (χ4n) is 1.77. The van der Waals surface area contributed by atoms with Crippen molar-refractivity contribution >= 4 is 27.0 Å². The molecule has 4 nitrogen and oxygen atoms in total. The van der Waals surface area contributed by atoms with Gasteiger partial charge >= 0.3 is 0 Å². The van der Waals surface area contributed by atoms with Crippen LogP contribution in [0.15, 0.2) is 46.6 Å². The zero-order valence-electron chi connectivity index (χ0n) is 10.9. The molecule has 0 aliphatic carbocycles. The van der Waals surface area contributed by atoms with Gasteiger partial charge in [0.15, 0.2) is 0 Å². The summed E-state index contributed by atoms with van der Waals surface area (Å²) in [5.74, 6) is 0. The molecule has 0 bridgehead atoms. The highest BCUT2D eigenvalue weighted by Crippen LogP contribution is 2.28. The fraction of sp³-hybridized carbons (Fsp3) is 0.286. The Morgan fingerprint density at radius 3 is 2.42 bits per heavy atom. The number of rotatable bonds is 5. The lowest BCUT2D eigenvalue weighted by Gasteiger charge is -2.10. The van der Waals surface area contributed by atoms with Gasteiger partial charge in [0.05, 0.1) is 10.7 Å². The number of nitrogen functional groups attached to an aromatic ring is 1. The number of anilines is 1. The molecule has 19 heavy (non-hydrogen) atoms. The Balaban J connectivity index is 2.04. The Kier molecular flexibility index (Phi) is 4.65. The molecule has 0 aliphatic rings. The molecule has 0 amide bonds. The second kappa shape index (κ2) is 6.45. The molecule has 5 heteroatoms. The van der Waals surface area contributed by atoms with Gasteiger partial charge in [-0.15, -0.1) is 10.2 Å². The van der Waals surface area contributed by atoms with Crippen molar-refractivity contribution in [3.63, 3.8) is 0 Å². The molecule has 2 aromatic rings. The van der Waals surface area contributed by atoms with Crippen molar-refractivity contribution in [1.82, 2.24) is 0 Å². The summed E-state index contributed by atoms with van der Waals surface area (Å²) in [6, 6.07) is 11.7. The third kappa shape index (κ3) is 3.87. The van der Waals surface area contributed by atoms with Crippen LogP contribution in [-0.4, -0.2) is 0 Å². The van der Waals surface area contributed by atoms with Gasteiger partial charge in [-0.2, -0.15) is 0 Å². The van der Waals surface area contributed by atoms with Crippen LogP contribution in [0.5, 0.6) is 0 Å². The standard InChI is InChI=1S/C14H18N4S/c1-2-3-12(15)10-4-6-11(7-5-10)17-18-14-9-8-13(16)19-14/h4-9,12H,2-3,15-16H2,1H3. The maximum Gasteiger partial charge on any atom is 0.140 e. The summed E-state index contributed by atoms with van der Waals surface area (Å²) in [4.78, 5) is 0. The summed E-state index contributed by atoms with van der Waals surface area (Å²) in [6.45, 7) is 2.13. The SMILES string of the molecule is CCCC(N)c1ccc(N=Nc2ccc(N)s2)cc1. The van der Waals surface area contributed by atoms with Crippen molar-refractivity contribution in [2.45, 2.75) is 25.8 Å². The molecule has 0 radical (unpaired) electrons. The second-order valence-corrected chi connectivity index (χ2v) is 5.46. The molecule has 4 N–H and O–H groups in total. The van der Waals surface area contributed by atoms with Crippen LogP contribution >= 0.6 is 11.3 Å². The minimum absolute atomic E-state index is 0.105. The predicted octanol–water partition coefficient (Wildman–Crippen LogP) is 4.55. The zero-order chi connectivity index (χ0) is 13.7. The van der Waals surface area contributed by atoms with Gasteiger partial charge in [-0.25, -0.2) is 0 Å². The van der Waals surface area contributed by atoms with Gasteiger partial charge in [0.1, 0.15) is 5.00 Å². The first-order valence-corrected chi connectivity index (χ1v) is 7.13. The molecule has 1 atom stereocenters. The molecule has 1 aromatic carbocycles. The van der Waals surface area contributed by atoms with E-state index in [1.807, 2.05) is 36.4 Å². The van der Waals surface area contributed by atoms with Crippen molar-refractivity contribution in [1.29, 1.82) is 0 Å². The Morgan fingerprint density at radius 1 is 1.11 bits per heavy atom. The monoisotopic (exact) mass is 274 g/mol. The van der Waals surface area contributed by atoms with Crippen LogP contribution in [0.25, 0.3) is 0 Å². The van der Waals surface area contributed by atoms with Gasteiger partial charge in [0.25, 0.3) is 0 Å². The molecule has 2 rings (SSSR count). The van der Waals surface area contributed by atoms with Crippen LogP contribution in [0.1, 0.15) is 31.4 Å². The summed E-state index contributed by atoms with van der Waals surface area (Å²) in [5.41, 5.74) is 13.6. The van der Waals surface area contributed by atoms with E-state index in [4.69, 9.17) is 11.5 Å². The number of nitrogens with zero attached hydrogens (tertiary/aromatic N) is 2. The lowest BCUT2D eigenvalue weighted by atomic mass is 10.0. The van der Waals surface area contributed by atoms with Gasteiger partial charge in [-0.05, 0) is 36.2 Å². The van der Waals surface area contributed by atoms with Crippen LogP contribution in [0.2, 0.25) is 0 Å². The smallest absolute Gasteiger partial charge is 0.140 e. The summed E-state index contributed by atoms with van der Waals surface area (Å²) in [7, 11) is 0. The number of azo groups is 1. The van der Waals surface area contributed by atoms with Crippen LogP contribution in [0.4, 0.5) is 15.7 Å². The number of hydrogen-bond acceptors (Lipinski definition) is 5. The molecule has 0 saturated heterocycles. The third-order valence-corrected chi connectivity index (χ3v) is 3.60. The second-order valence-electron chi connectivity index (χ2n) is 4.36. The molecule has 1 aromatic heterocycles. The minimum atomic E-state index is 0.105. The Labute approximate surface area is 117 Å². The minimum Gasteiger partial charge on any atom is -0.391 e. The van der Waals surface area contributed by atoms with E-state index < -0.39 is 0 Å². The summed E-state index contributed by atoms with van der Waals surface area (Å²) in [5, 5.41) is 9.87. The van der Waals surface area contributed by atoms with E-state index in [0.29, 0.717) is 0 Å². The largest absolute Gasteiger partial charge is 0.391 e. The maximum atomic E-state index is 6.06. The van der Waals surface area contributed by atoms with Crippen molar-refractivity contribution in [3.8, 4) is 0 Å². The van der Waals surface area contributed by atoms with E-state index in [2.05, 4.69) is 17.2 Å². The Bertz CT molecular complexity index is 545. The lowest BCUT2D eigenvalue weighted by Crippen LogP contribution is -2.09. The first kappa shape index (κ1) is 13.7. The normalized spacial score (nSPS) is 12.9. The van der Waals surface area contributed by atoms with Crippen LogP contribution in [-0.2, 0) is 0 Å². The molecule has 0 saturated carbocycles. The van der Waals surface area contributed by atoms with E-state index in [9.17, 15) is 0 Å². The average Bonchev–Trinajstić information content (AvgIpc) is 2.83. The van der Waals surface area contributed by atoms with Crippen molar-refractivity contribution in [2.24, 2.45) is 16.0 Å². The quantitative estimate of drug-likeness (QED) is 0.785. The highest BCUT2D eigenvalue weighted by atomic mass is 32.1. The number of thiophene rings is 1. The first-order chi connectivity index (χ1) is 9.19. The maximum absolute atomic E-state index is 6.06. The van der Waals surface area contributed by atoms with Crippen molar-refractivity contribution in [3.05, 3.63) is 42.0 Å². The Hall–Kier alpha value is -1.72. The van der Waals surface area contributed by atoms with Gasteiger partial charge in [0, 0.05) is 6.04 Å². The van der Waals surface area contributed by atoms with E-state index >= 15 is 0 Å². The van der Waals surface area contributed by atoms with E-state index in [-0.39, 0.29) is 6.04 Å². The first-order valence-electron chi connectivity index (χ1n) is 6.31. The van der Waals surface area contributed by atoms with Gasteiger partial charge < -0.3 is 11.5 Å². The highest BCUT2D eigenvalue weighted by Gasteiger charge is 2.04. The van der Waals surface area contributed by atoms with Crippen molar-refractivity contribution < 1.29 is 0 Å². The summed E-state index contributed by atoms with van der Waals surface area (Å²) >= 11 is 1.42. The van der Waals surface area contributed by atoms with E-state index in [1.165, 1.54) is 11.3 Å². The van der Waals surface area contributed by atoms with Crippen LogP contribution in [0.3, 0.4) is 0 Å². The molecular formula is C14H18N4S. The number of nitrogens with two attached hydrogens (primary N) is 2. The fourth-order valence-corrected chi connectivity index (χ4v) is 2.36. The van der Waals surface area contributed by atoms with E-state index in [0.717, 1.165) is 34.1 Å². The molecule has 1 unspecified atom stereocenters. The van der Waals surface area contributed by atoms with Crippen LogP contribution in [0, 0.1) is 0 Å². The number of benzene rings is 1. The molecule has 100 valence electrons. The molecule has 0 fully saturated rings. The third-order valence-electron chi connectivity index (χ3n) is 2.80. The molecule has 0 aliphatic heterocycles. The van der Waals surface area contributed by atoms with Gasteiger partial charge in [0.2, 0.25) is 0 Å². The summed E-state index contributed by atoms with van der Waals surface area (Å²) in [6.07, 6.45) is 2.08. The summed E-state index contributed by atoms with van der Waals surface area (Å²) < 4.78 is 0. The zero-order valence-corrected chi connectivity index (χ0v) is 11.7. The van der Waals surface area contributed by atoms with Crippen LogP contribution < -0.4 is 11.5 Å². The Morgan fingerprint density at radius 2 is 1.84 bits per heavy atom. The molecular weight excluding hydrogens is 256 g/mol. The lowest BCUT2D eigenvalue weighted by molar-refractivity contribution is 0.638.